The third-order valence-electron chi connectivity index (χ3n) is 3.75. The summed E-state index contributed by atoms with van der Waals surface area (Å²) in [5, 5.41) is 3.44. The second kappa shape index (κ2) is 5.81. The molecule has 0 saturated carbocycles. The van der Waals surface area contributed by atoms with Crippen LogP contribution in [0.4, 0.5) is 11.6 Å². The third kappa shape index (κ3) is 4.12. The molecule has 3 heteroatoms. The summed E-state index contributed by atoms with van der Waals surface area (Å²) in [6.07, 6.45) is 3.91. The van der Waals surface area contributed by atoms with Gasteiger partial charge >= 0.3 is 0 Å². The molecule has 3 nitrogen and oxygen atoms in total. The molecule has 0 amide bonds. The second-order valence-corrected chi connectivity index (χ2v) is 6.59. The summed E-state index contributed by atoms with van der Waals surface area (Å²) in [6, 6.07) is 6.27. The van der Waals surface area contributed by atoms with Crippen LogP contribution in [0.25, 0.3) is 0 Å². The SMILES string of the molecule is CCC1CCN(c2cccc(NC(C)(C)C)n2)CC1. The van der Waals surface area contributed by atoms with Crippen molar-refractivity contribution in [3.05, 3.63) is 18.2 Å². The normalized spacial score (nSPS) is 17.6. The first-order chi connectivity index (χ1) is 8.98. The van der Waals surface area contributed by atoms with Gasteiger partial charge in [0.1, 0.15) is 11.6 Å². The van der Waals surface area contributed by atoms with Crippen LogP contribution >= 0.6 is 0 Å². The van der Waals surface area contributed by atoms with Crippen LogP contribution in [0.1, 0.15) is 47.0 Å². The first kappa shape index (κ1) is 14.2. The van der Waals surface area contributed by atoms with E-state index in [-0.39, 0.29) is 5.54 Å². The molecule has 19 heavy (non-hydrogen) atoms. The lowest BCUT2D eigenvalue weighted by molar-refractivity contribution is 0.394. The monoisotopic (exact) mass is 261 g/mol. The van der Waals surface area contributed by atoms with Gasteiger partial charge in [-0.1, -0.05) is 19.4 Å². The van der Waals surface area contributed by atoms with Crippen LogP contribution < -0.4 is 10.2 Å². The summed E-state index contributed by atoms with van der Waals surface area (Å²) in [5.41, 5.74) is 0.0564. The molecule has 1 aromatic rings. The van der Waals surface area contributed by atoms with E-state index in [0.29, 0.717) is 0 Å². The molecule has 1 fully saturated rings. The Labute approximate surface area is 117 Å². The molecule has 0 atom stereocenters. The van der Waals surface area contributed by atoms with Gasteiger partial charge in [-0.25, -0.2) is 4.98 Å². The van der Waals surface area contributed by atoms with Gasteiger partial charge in [0.05, 0.1) is 0 Å². The van der Waals surface area contributed by atoms with Crippen molar-refractivity contribution in [1.29, 1.82) is 0 Å². The highest BCUT2D eigenvalue weighted by Crippen LogP contribution is 2.25. The lowest BCUT2D eigenvalue weighted by Gasteiger charge is -2.32. The molecule has 0 spiro atoms. The molecule has 106 valence electrons. The number of nitrogens with one attached hydrogen (secondary N) is 1. The number of anilines is 2. The number of piperidine rings is 1. The van der Waals surface area contributed by atoms with Gasteiger partial charge in [-0.05, 0) is 51.7 Å². The fraction of sp³-hybridized carbons (Fsp3) is 0.688. The maximum absolute atomic E-state index is 4.75. The van der Waals surface area contributed by atoms with Crippen LogP contribution in [0.15, 0.2) is 18.2 Å². The first-order valence-corrected chi connectivity index (χ1v) is 7.48. The zero-order valence-electron chi connectivity index (χ0n) is 12.7. The van der Waals surface area contributed by atoms with E-state index in [9.17, 15) is 0 Å². The Kier molecular flexibility index (Phi) is 4.33. The Hall–Kier alpha value is -1.25. The van der Waals surface area contributed by atoms with Crippen LogP contribution in [0.2, 0.25) is 0 Å². The van der Waals surface area contributed by atoms with Crippen LogP contribution in [0.5, 0.6) is 0 Å². The minimum atomic E-state index is 0.0564. The molecule has 0 unspecified atom stereocenters. The third-order valence-corrected chi connectivity index (χ3v) is 3.75. The minimum Gasteiger partial charge on any atom is -0.365 e. The van der Waals surface area contributed by atoms with Gasteiger partial charge in [0.2, 0.25) is 0 Å². The molecular formula is C16H27N3. The quantitative estimate of drug-likeness (QED) is 0.894. The zero-order chi connectivity index (χ0) is 13.9. The van der Waals surface area contributed by atoms with Crippen molar-refractivity contribution in [1.82, 2.24) is 4.98 Å². The summed E-state index contributed by atoms with van der Waals surface area (Å²) in [5.74, 6) is 3.00. The molecule has 0 aromatic carbocycles. The Morgan fingerprint density at radius 1 is 1.26 bits per heavy atom. The van der Waals surface area contributed by atoms with Crippen LogP contribution in [0, 0.1) is 5.92 Å². The average molecular weight is 261 g/mol. The maximum atomic E-state index is 4.75. The summed E-state index contributed by atoms with van der Waals surface area (Å²) in [4.78, 5) is 7.16. The number of pyridine rings is 1. The molecule has 1 saturated heterocycles. The lowest BCUT2D eigenvalue weighted by Crippen LogP contribution is -2.34. The standard InChI is InChI=1S/C16H27N3/c1-5-13-9-11-19(12-10-13)15-8-6-7-14(17-15)18-16(2,3)4/h6-8,13H,5,9-12H2,1-4H3,(H,17,18). The van der Waals surface area contributed by atoms with E-state index in [4.69, 9.17) is 4.98 Å². The largest absolute Gasteiger partial charge is 0.365 e. The highest BCUT2D eigenvalue weighted by atomic mass is 15.2. The van der Waals surface area contributed by atoms with Gasteiger partial charge in [-0.3, -0.25) is 0 Å². The van der Waals surface area contributed by atoms with Crippen molar-refractivity contribution in [2.45, 2.75) is 52.5 Å². The van der Waals surface area contributed by atoms with E-state index in [1.807, 2.05) is 6.07 Å². The smallest absolute Gasteiger partial charge is 0.130 e. The topological polar surface area (TPSA) is 28.2 Å². The molecule has 0 radical (unpaired) electrons. The van der Waals surface area contributed by atoms with Gasteiger partial charge < -0.3 is 10.2 Å². The number of hydrogen-bond acceptors (Lipinski definition) is 3. The molecule has 0 aliphatic carbocycles. The second-order valence-electron chi connectivity index (χ2n) is 6.59. The van der Waals surface area contributed by atoms with E-state index in [1.54, 1.807) is 0 Å². The van der Waals surface area contributed by atoms with Crippen molar-refractivity contribution >= 4 is 11.6 Å². The predicted octanol–water partition coefficient (Wildman–Crippen LogP) is 3.92. The Balaban J connectivity index is 2.03. The number of rotatable bonds is 3. The molecule has 1 aliphatic rings. The summed E-state index contributed by atoms with van der Waals surface area (Å²) < 4.78 is 0. The van der Waals surface area contributed by atoms with Gasteiger partial charge in [-0.2, -0.15) is 0 Å². The van der Waals surface area contributed by atoms with Gasteiger partial charge in [0, 0.05) is 18.6 Å². The fourth-order valence-corrected chi connectivity index (χ4v) is 2.62. The van der Waals surface area contributed by atoms with E-state index in [1.165, 1.54) is 19.3 Å². The Morgan fingerprint density at radius 3 is 2.53 bits per heavy atom. The molecule has 2 rings (SSSR count). The van der Waals surface area contributed by atoms with Crippen molar-refractivity contribution in [3.63, 3.8) is 0 Å². The van der Waals surface area contributed by atoms with Crippen molar-refractivity contribution in [3.8, 4) is 0 Å². The van der Waals surface area contributed by atoms with E-state index < -0.39 is 0 Å². The van der Waals surface area contributed by atoms with Gasteiger partial charge in [0.25, 0.3) is 0 Å². The molecular weight excluding hydrogens is 234 g/mol. The van der Waals surface area contributed by atoms with E-state index >= 15 is 0 Å². The number of nitrogens with zero attached hydrogens (tertiary/aromatic N) is 2. The summed E-state index contributed by atoms with van der Waals surface area (Å²) >= 11 is 0. The molecule has 2 heterocycles. The van der Waals surface area contributed by atoms with E-state index in [0.717, 1.165) is 30.6 Å². The predicted molar refractivity (Wildman–Crippen MR) is 82.8 cm³/mol. The van der Waals surface area contributed by atoms with E-state index in [2.05, 4.69) is 50.0 Å². The molecule has 1 N–H and O–H groups in total. The van der Waals surface area contributed by atoms with Crippen molar-refractivity contribution < 1.29 is 0 Å². The highest BCUT2D eigenvalue weighted by molar-refractivity contribution is 5.48. The number of aromatic nitrogens is 1. The van der Waals surface area contributed by atoms with Crippen LogP contribution in [-0.2, 0) is 0 Å². The minimum absolute atomic E-state index is 0.0564. The molecule has 0 bridgehead atoms. The molecule has 1 aliphatic heterocycles. The Morgan fingerprint density at radius 2 is 1.95 bits per heavy atom. The number of hydrogen-bond donors (Lipinski definition) is 1. The fourth-order valence-electron chi connectivity index (χ4n) is 2.62. The van der Waals surface area contributed by atoms with Crippen molar-refractivity contribution in [2.75, 3.05) is 23.3 Å². The lowest BCUT2D eigenvalue weighted by atomic mass is 9.94. The zero-order valence-corrected chi connectivity index (χ0v) is 12.7. The average Bonchev–Trinajstić information content (AvgIpc) is 2.37. The highest BCUT2D eigenvalue weighted by Gasteiger charge is 2.19. The maximum Gasteiger partial charge on any atom is 0.130 e. The first-order valence-electron chi connectivity index (χ1n) is 7.48. The van der Waals surface area contributed by atoms with Crippen molar-refractivity contribution in [2.24, 2.45) is 5.92 Å². The van der Waals surface area contributed by atoms with Gasteiger partial charge in [0.15, 0.2) is 0 Å². The Bertz CT molecular complexity index is 401. The van der Waals surface area contributed by atoms with Gasteiger partial charge in [-0.15, -0.1) is 0 Å². The summed E-state index contributed by atoms with van der Waals surface area (Å²) in [7, 11) is 0. The molecule has 1 aromatic heterocycles. The van der Waals surface area contributed by atoms with Crippen LogP contribution in [-0.4, -0.2) is 23.6 Å². The summed E-state index contributed by atoms with van der Waals surface area (Å²) in [6.45, 7) is 11.1. The van der Waals surface area contributed by atoms with Crippen LogP contribution in [0.3, 0.4) is 0 Å².